The normalized spacial score (nSPS) is 23.0. The molecule has 2 aliphatic heterocycles. The number of carbonyl (C=O) groups is 1. The van der Waals surface area contributed by atoms with E-state index < -0.39 is 0 Å². The summed E-state index contributed by atoms with van der Waals surface area (Å²) in [6.07, 6.45) is 10.3. The predicted molar refractivity (Wildman–Crippen MR) is 97.7 cm³/mol. The van der Waals surface area contributed by atoms with Crippen LogP contribution in [-0.2, 0) is 0 Å². The number of piperidine rings is 2. The van der Waals surface area contributed by atoms with Crippen molar-refractivity contribution < 1.29 is 4.79 Å². The number of aromatic nitrogens is 2. The van der Waals surface area contributed by atoms with Crippen LogP contribution in [0.3, 0.4) is 0 Å². The van der Waals surface area contributed by atoms with Crippen LogP contribution in [-0.4, -0.2) is 58.4 Å². The minimum absolute atomic E-state index is 0.148. The van der Waals surface area contributed by atoms with Crippen LogP contribution in [0.4, 0.5) is 0 Å². The lowest BCUT2D eigenvalue weighted by Crippen LogP contribution is -2.38. The van der Waals surface area contributed by atoms with E-state index in [0.29, 0.717) is 5.92 Å². The molecule has 1 saturated carbocycles. The van der Waals surface area contributed by atoms with Crippen molar-refractivity contribution in [1.29, 1.82) is 0 Å². The van der Waals surface area contributed by atoms with Crippen molar-refractivity contribution >= 4 is 5.91 Å². The highest BCUT2D eigenvalue weighted by molar-refractivity contribution is 5.95. The SMILES string of the molecule is Cc1ncc(C(=O)N2CCCCC2)c(C2CCN(CC3CC3)CC2)n1. The molecule has 25 heavy (non-hydrogen) atoms. The van der Waals surface area contributed by atoms with E-state index in [-0.39, 0.29) is 5.91 Å². The number of rotatable bonds is 4. The quantitative estimate of drug-likeness (QED) is 0.844. The smallest absolute Gasteiger partial charge is 0.257 e. The van der Waals surface area contributed by atoms with Crippen molar-refractivity contribution in [2.45, 2.75) is 57.8 Å². The van der Waals surface area contributed by atoms with E-state index in [1.165, 1.54) is 25.8 Å². The van der Waals surface area contributed by atoms with Crippen molar-refractivity contribution in [2.24, 2.45) is 5.92 Å². The molecule has 0 unspecified atom stereocenters. The second kappa shape index (κ2) is 7.40. The van der Waals surface area contributed by atoms with Crippen LogP contribution in [0.2, 0.25) is 0 Å². The summed E-state index contributed by atoms with van der Waals surface area (Å²) in [5.41, 5.74) is 1.77. The Kier molecular flexibility index (Phi) is 5.02. The van der Waals surface area contributed by atoms with Crippen molar-refractivity contribution in [3.05, 3.63) is 23.3 Å². The molecule has 0 N–H and O–H groups in total. The number of hydrogen-bond acceptors (Lipinski definition) is 4. The van der Waals surface area contributed by atoms with Gasteiger partial charge in [0, 0.05) is 31.7 Å². The summed E-state index contributed by atoms with van der Waals surface area (Å²) in [5, 5.41) is 0. The van der Waals surface area contributed by atoms with Gasteiger partial charge >= 0.3 is 0 Å². The Bertz CT molecular complexity index is 614. The lowest BCUT2D eigenvalue weighted by atomic mass is 9.90. The average molecular weight is 342 g/mol. The molecular weight excluding hydrogens is 312 g/mol. The molecule has 3 aliphatic rings. The van der Waals surface area contributed by atoms with Crippen LogP contribution in [0.25, 0.3) is 0 Å². The first-order chi connectivity index (χ1) is 12.2. The van der Waals surface area contributed by atoms with Crippen LogP contribution in [0.5, 0.6) is 0 Å². The summed E-state index contributed by atoms with van der Waals surface area (Å²) in [7, 11) is 0. The van der Waals surface area contributed by atoms with Crippen molar-refractivity contribution in [2.75, 3.05) is 32.7 Å². The number of carbonyl (C=O) groups excluding carboxylic acids is 1. The number of hydrogen-bond donors (Lipinski definition) is 0. The van der Waals surface area contributed by atoms with E-state index in [0.717, 1.165) is 74.9 Å². The fourth-order valence-corrected chi connectivity index (χ4v) is 4.29. The van der Waals surface area contributed by atoms with Crippen LogP contribution in [0.1, 0.15) is 72.7 Å². The molecule has 0 atom stereocenters. The lowest BCUT2D eigenvalue weighted by molar-refractivity contribution is 0.0720. The first-order valence-corrected chi connectivity index (χ1v) is 10.1. The zero-order valence-electron chi connectivity index (χ0n) is 15.4. The Hall–Kier alpha value is -1.49. The highest BCUT2D eigenvalue weighted by atomic mass is 16.2. The van der Waals surface area contributed by atoms with Gasteiger partial charge < -0.3 is 9.80 Å². The predicted octanol–water partition coefficient (Wildman–Crippen LogP) is 3.00. The van der Waals surface area contributed by atoms with Crippen LogP contribution in [0, 0.1) is 12.8 Å². The summed E-state index contributed by atoms with van der Waals surface area (Å²) < 4.78 is 0. The fraction of sp³-hybridized carbons (Fsp3) is 0.750. The molecule has 4 rings (SSSR count). The molecule has 1 amide bonds. The molecular formula is C20H30N4O. The molecule has 1 aromatic heterocycles. The molecule has 136 valence electrons. The summed E-state index contributed by atoms with van der Waals surface area (Å²) >= 11 is 0. The van der Waals surface area contributed by atoms with Gasteiger partial charge in [-0.25, -0.2) is 9.97 Å². The van der Waals surface area contributed by atoms with E-state index in [4.69, 9.17) is 4.98 Å². The van der Waals surface area contributed by atoms with Gasteiger partial charge in [0.25, 0.3) is 5.91 Å². The number of likely N-dealkylation sites (tertiary alicyclic amines) is 2. The third-order valence-corrected chi connectivity index (χ3v) is 6.00. The van der Waals surface area contributed by atoms with Crippen LogP contribution < -0.4 is 0 Å². The number of aryl methyl sites for hydroxylation is 1. The Morgan fingerprint density at radius 3 is 2.48 bits per heavy atom. The molecule has 2 saturated heterocycles. The monoisotopic (exact) mass is 342 g/mol. The largest absolute Gasteiger partial charge is 0.339 e. The summed E-state index contributed by atoms with van der Waals surface area (Å²) in [4.78, 5) is 26.7. The topological polar surface area (TPSA) is 49.3 Å². The molecule has 0 bridgehead atoms. The minimum atomic E-state index is 0.148. The molecule has 0 radical (unpaired) electrons. The minimum Gasteiger partial charge on any atom is -0.339 e. The zero-order chi connectivity index (χ0) is 17.2. The molecule has 1 aromatic rings. The van der Waals surface area contributed by atoms with E-state index in [2.05, 4.69) is 9.88 Å². The maximum absolute atomic E-state index is 13.0. The summed E-state index contributed by atoms with van der Waals surface area (Å²) in [6, 6.07) is 0. The molecule has 3 fully saturated rings. The zero-order valence-corrected chi connectivity index (χ0v) is 15.4. The van der Waals surface area contributed by atoms with Gasteiger partial charge in [0.15, 0.2) is 0 Å². The van der Waals surface area contributed by atoms with Gasteiger partial charge in [0.05, 0.1) is 11.3 Å². The van der Waals surface area contributed by atoms with E-state index in [1.54, 1.807) is 6.20 Å². The maximum Gasteiger partial charge on any atom is 0.257 e. The van der Waals surface area contributed by atoms with Crippen LogP contribution >= 0.6 is 0 Å². The second-order valence-electron chi connectivity index (χ2n) is 8.09. The van der Waals surface area contributed by atoms with Gasteiger partial charge in [-0.15, -0.1) is 0 Å². The Morgan fingerprint density at radius 2 is 1.80 bits per heavy atom. The number of nitrogens with zero attached hydrogens (tertiary/aromatic N) is 4. The Morgan fingerprint density at radius 1 is 1.08 bits per heavy atom. The summed E-state index contributed by atoms with van der Waals surface area (Å²) in [6.45, 7) is 7.25. The van der Waals surface area contributed by atoms with E-state index >= 15 is 0 Å². The third kappa shape index (κ3) is 4.02. The average Bonchev–Trinajstić information content (AvgIpc) is 3.46. The Labute approximate surface area is 150 Å². The highest BCUT2D eigenvalue weighted by Crippen LogP contribution is 2.34. The summed E-state index contributed by atoms with van der Waals surface area (Å²) in [5.74, 6) is 2.29. The van der Waals surface area contributed by atoms with Gasteiger partial charge in [-0.2, -0.15) is 0 Å². The highest BCUT2D eigenvalue weighted by Gasteiger charge is 2.31. The van der Waals surface area contributed by atoms with Gasteiger partial charge in [-0.1, -0.05) is 0 Å². The van der Waals surface area contributed by atoms with E-state index in [9.17, 15) is 4.79 Å². The van der Waals surface area contributed by atoms with Crippen molar-refractivity contribution in [1.82, 2.24) is 19.8 Å². The van der Waals surface area contributed by atoms with Crippen molar-refractivity contribution in [3.63, 3.8) is 0 Å². The molecule has 5 heteroatoms. The molecule has 1 aliphatic carbocycles. The van der Waals surface area contributed by atoms with Crippen LogP contribution in [0.15, 0.2) is 6.20 Å². The van der Waals surface area contributed by atoms with E-state index in [1.807, 2.05) is 11.8 Å². The molecule has 5 nitrogen and oxygen atoms in total. The molecule has 0 spiro atoms. The standard InChI is InChI=1S/C20H30N4O/c1-15-21-13-18(20(25)24-9-3-2-4-10-24)19(22-15)17-7-11-23(12-8-17)14-16-5-6-16/h13,16-17H,2-12,14H2,1H3. The first-order valence-electron chi connectivity index (χ1n) is 10.1. The van der Waals surface area contributed by atoms with Gasteiger partial charge in [0.1, 0.15) is 5.82 Å². The number of amides is 1. The van der Waals surface area contributed by atoms with Gasteiger partial charge in [0.2, 0.25) is 0 Å². The fourth-order valence-electron chi connectivity index (χ4n) is 4.29. The van der Waals surface area contributed by atoms with Gasteiger partial charge in [-0.05, 0) is 70.9 Å². The molecule has 3 heterocycles. The van der Waals surface area contributed by atoms with Crippen molar-refractivity contribution in [3.8, 4) is 0 Å². The Balaban J connectivity index is 1.48. The second-order valence-corrected chi connectivity index (χ2v) is 8.09. The lowest BCUT2D eigenvalue weighted by Gasteiger charge is -2.33. The first kappa shape index (κ1) is 17.0. The molecule has 0 aromatic carbocycles. The maximum atomic E-state index is 13.0. The van der Waals surface area contributed by atoms with Gasteiger partial charge in [-0.3, -0.25) is 4.79 Å². The third-order valence-electron chi connectivity index (χ3n) is 6.00.